The smallest absolute Gasteiger partial charge is 0.161 e. The Balaban J connectivity index is 2.09. The summed E-state index contributed by atoms with van der Waals surface area (Å²) in [4.78, 5) is 11.8. The number of carbonyl (C=O) groups excluding carboxylic acids is 1. The fourth-order valence-electron chi connectivity index (χ4n) is 2.48. The minimum Gasteiger partial charge on any atom is -0.373 e. The number of rotatable bonds is 7. The van der Waals surface area contributed by atoms with Gasteiger partial charge in [-0.1, -0.05) is 39.5 Å². The Hall–Kier alpha value is -0.370. The molecule has 0 heterocycles. The normalized spacial score (nSPS) is 19.6. The van der Waals surface area contributed by atoms with Crippen LogP contribution >= 0.6 is 0 Å². The lowest BCUT2D eigenvalue weighted by Gasteiger charge is -2.20. The molecular weight excluding hydrogens is 200 g/mol. The van der Waals surface area contributed by atoms with Crippen molar-refractivity contribution < 1.29 is 9.53 Å². The van der Waals surface area contributed by atoms with Crippen molar-refractivity contribution in [2.45, 2.75) is 58.8 Å². The molecule has 1 atom stereocenters. The van der Waals surface area contributed by atoms with Gasteiger partial charge >= 0.3 is 0 Å². The lowest BCUT2D eigenvalue weighted by molar-refractivity contribution is -0.128. The lowest BCUT2D eigenvalue weighted by atomic mass is 9.86. The molecule has 1 rings (SSSR count). The molecular formula is C14H26O2. The number of Topliss-reactive ketones (excluding diaryl/α,β-unsaturated/α-hetero) is 1. The topological polar surface area (TPSA) is 26.3 Å². The Morgan fingerprint density at radius 1 is 1.31 bits per heavy atom. The molecule has 2 heteroatoms. The Morgan fingerprint density at radius 2 is 2.00 bits per heavy atom. The fourth-order valence-corrected chi connectivity index (χ4v) is 2.48. The molecule has 1 saturated carbocycles. The van der Waals surface area contributed by atoms with Crippen molar-refractivity contribution in [3.63, 3.8) is 0 Å². The fraction of sp³-hybridized carbons (Fsp3) is 0.929. The summed E-state index contributed by atoms with van der Waals surface area (Å²) in [5, 5.41) is 0. The second-order valence-corrected chi connectivity index (χ2v) is 5.21. The Kier molecular flexibility index (Phi) is 6.70. The third-order valence-corrected chi connectivity index (χ3v) is 3.49. The van der Waals surface area contributed by atoms with Gasteiger partial charge in [-0.05, 0) is 25.2 Å². The summed E-state index contributed by atoms with van der Waals surface area (Å²) in [7, 11) is 0. The molecule has 0 aromatic carbocycles. The van der Waals surface area contributed by atoms with Crippen LogP contribution in [0.2, 0.25) is 0 Å². The quantitative estimate of drug-likeness (QED) is 0.663. The molecule has 0 radical (unpaired) electrons. The zero-order chi connectivity index (χ0) is 11.8. The Bertz CT molecular complexity index is 195. The molecule has 2 nitrogen and oxygen atoms in total. The molecule has 0 aromatic rings. The average Bonchev–Trinajstić information content (AvgIpc) is 2.30. The van der Waals surface area contributed by atoms with Crippen LogP contribution in [-0.4, -0.2) is 19.0 Å². The van der Waals surface area contributed by atoms with E-state index in [1.165, 1.54) is 32.1 Å². The first-order valence-corrected chi connectivity index (χ1v) is 6.84. The molecule has 0 bridgehead atoms. The molecule has 1 aliphatic carbocycles. The number of hydrogen-bond acceptors (Lipinski definition) is 2. The van der Waals surface area contributed by atoms with Crippen molar-refractivity contribution in [1.82, 2.24) is 0 Å². The van der Waals surface area contributed by atoms with E-state index < -0.39 is 0 Å². The third kappa shape index (κ3) is 5.11. The van der Waals surface area contributed by atoms with Crippen molar-refractivity contribution in [3.05, 3.63) is 0 Å². The van der Waals surface area contributed by atoms with E-state index in [4.69, 9.17) is 4.74 Å². The van der Waals surface area contributed by atoms with Gasteiger partial charge in [0, 0.05) is 12.5 Å². The van der Waals surface area contributed by atoms with Gasteiger partial charge in [0.2, 0.25) is 0 Å². The standard InChI is InChI=1S/C14H26O2/c1-3-7-12(2)10-16-11-14(15)13-8-5-4-6-9-13/h12-13H,3-11H2,1-2H3. The SMILES string of the molecule is CCCC(C)COCC(=O)C1CCCCC1. The highest BCUT2D eigenvalue weighted by Gasteiger charge is 2.20. The molecule has 1 unspecified atom stereocenters. The van der Waals surface area contributed by atoms with Crippen molar-refractivity contribution in [1.29, 1.82) is 0 Å². The molecule has 0 aromatic heterocycles. The van der Waals surface area contributed by atoms with Crippen LogP contribution in [0.15, 0.2) is 0 Å². The summed E-state index contributed by atoms with van der Waals surface area (Å²) < 4.78 is 5.51. The van der Waals surface area contributed by atoms with E-state index >= 15 is 0 Å². The highest BCUT2D eigenvalue weighted by atomic mass is 16.5. The number of carbonyl (C=O) groups is 1. The molecule has 94 valence electrons. The number of ketones is 1. The van der Waals surface area contributed by atoms with Gasteiger partial charge in [-0.3, -0.25) is 4.79 Å². The summed E-state index contributed by atoms with van der Waals surface area (Å²) in [6.45, 7) is 5.46. The van der Waals surface area contributed by atoms with E-state index in [0.29, 0.717) is 24.2 Å². The molecule has 0 N–H and O–H groups in total. The molecule has 0 saturated heterocycles. The van der Waals surface area contributed by atoms with E-state index in [9.17, 15) is 4.79 Å². The van der Waals surface area contributed by atoms with E-state index in [1.807, 2.05) is 0 Å². The van der Waals surface area contributed by atoms with Crippen molar-refractivity contribution in [2.24, 2.45) is 11.8 Å². The van der Waals surface area contributed by atoms with Gasteiger partial charge in [0.15, 0.2) is 5.78 Å². The maximum Gasteiger partial charge on any atom is 0.161 e. The van der Waals surface area contributed by atoms with Gasteiger partial charge in [-0.15, -0.1) is 0 Å². The van der Waals surface area contributed by atoms with E-state index in [1.54, 1.807) is 0 Å². The predicted octanol–water partition coefficient (Wildman–Crippen LogP) is 3.59. The largest absolute Gasteiger partial charge is 0.373 e. The maximum absolute atomic E-state index is 11.8. The molecule has 0 aliphatic heterocycles. The highest BCUT2D eigenvalue weighted by molar-refractivity contribution is 5.82. The molecule has 0 amide bonds. The first-order valence-electron chi connectivity index (χ1n) is 6.84. The minimum atomic E-state index is 0.301. The zero-order valence-corrected chi connectivity index (χ0v) is 10.8. The minimum absolute atomic E-state index is 0.301. The van der Waals surface area contributed by atoms with Crippen LogP contribution < -0.4 is 0 Å². The van der Waals surface area contributed by atoms with Crippen LogP contribution in [0.3, 0.4) is 0 Å². The van der Waals surface area contributed by atoms with Crippen molar-refractivity contribution >= 4 is 5.78 Å². The average molecular weight is 226 g/mol. The highest BCUT2D eigenvalue weighted by Crippen LogP contribution is 2.24. The van der Waals surface area contributed by atoms with Gasteiger partial charge in [-0.2, -0.15) is 0 Å². The molecule has 1 fully saturated rings. The van der Waals surface area contributed by atoms with Gasteiger partial charge in [-0.25, -0.2) is 0 Å². The van der Waals surface area contributed by atoms with Crippen LogP contribution in [0.5, 0.6) is 0 Å². The maximum atomic E-state index is 11.8. The van der Waals surface area contributed by atoms with Crippen LogP contribution in [-0.2, 0) is 9.53 Å². The van der Waals surface area contributed by atoms with Gasteiger partial charge in [0.1, 0.15) is 6.61 Å². The molecule has 16 heavy (non-hydrogen) atoms. The summed E-state index contributed by atoms with van der Waals surface area (Å²) in [5.41, 5.74) is 0. The number of ether oxygens (including phenoxy) is 1. The second-order valence-electron chi connectivity index (χ2n) is 5.21. The Morgan fingerprint density at radius 3 is 2.62 bits per heavy atom. The van der Waals surface area contributed by atoms with Gasteiger partial charge < -0.3 is 4.74 Å². The third-order valence-electron chi connectivity index (χ3n) is 3.49. The lowest BCUT2D eigenvalue weighted by Crippen LogP contribution is -2.23. The second kappa shape index (κ2) is 7.83. The van der Waals surface area contributed by atoms with Crippen LogP contribution in [0.25, 0.3) is 0 Å². The van der Waals surface area contributed by atoms with Gasteiger partial charge in [0.25, 0.3) is 0 Å². The summed E-state index contributed by atoms with van der Waals surface area (Å²) in [6, 6.07) is 0. The van der Waals surface area contributed by atoms with Crippen LogP contribution in [0.1, 0.15) is 58.8 Å². The van der Waals surface area contributed by atoms with Crippen LogP contribution in [0, 0.1) is 11.8 Å². The Labute approximate surface area is 99.8 Å². The summed E-state index contributed by atoms with van der Waals surface area (Å²) >= 11 is 0. The summed E-state index contributed by atoms with van der Waals surface area (Å²) in [5.74, 6) is 1.22. The monoisotopic (exact) mass is 226 g/mol. The van der Waals surface area contributed by atoms with Crippen molar-refractivity contribution in [2.75, 3.05) is 13.2 Å². The first kappa shape index (κ1) is 13.7. The van der Waals surface area contributed by atoms with E-state index in [2.05, 4.69) is 13.8 Å². The number of hydrogen-bond donors (Lipinski definition) is 0. The van der Waals surface area contributed by atoms with E-state index in [-0.39, 0.29) is 0 Å². The van der Waals surface area contributed by atoms with Crippen LogP contribution in [0.4, 0.5) is 0 Å². The molecule has 1 aliphatic rings. The summed E-state index contributed by atoms with van der Waals surface area (Å²) in [6.07, 6.45) is 8.32. The predicted molar refractivity (Wildman–Crippen MR) is 66.5 cm³/mol. The first-order chi connectivity index (χ1) is 7.74. The van der Waals surface area contributed by atoms with Gasteiger partial charge in [0.05, 0.1) is 0 Å². The zero-order valence-electron chi connectivity index (χ0n) is 10.8. The van der Waals surface area contributed by atoms with E-state index in [0.717, 1.165) is 19.4 Å². The molecule has 0 spiro atoms. The van der Waals surface area contributed by atoms with Crippen molar-refractivity contribution in [3.8, 4) is 0 Å².